The summed E-state index contributed by atoms with van der Waals surface area (Å²) in [6.45, 7) is 6.77. The Morgan fingerprint density at radius 1 is 1.54 bits per heavy atom. The second-order valence-corrected chi connectivity index (χ2v) is 3.70. The maximum atomic E-state index is 11.5. The van der Waals surface area contributed by atoms with E-state index in [-0.39, 0.29) is 6.03 Å². The van der Waals surface area contributed by atoms with Crippen LogP contribution in [0.1, 0.15) is 33.1 Å². The molecule has 13 heavy (non-hydrogen) atoms. The normalized spacial score (nSPS) is 22.9. The number of urea groups is 1. The number of rotatable bonds is 2. The molecule has 1 heterocycles. The van der Waals surface area contributed by atoms with Crippen LogP contribution in [0.3, 0.4) is 0 Å². The first-order valence-corrected chi connectivity index (χ1v) is 5.30. The summed E-state index contributed by atoms with van der Waals surface area (Å²) in [7, 11) is 0. The molecule has 2 amide bonds. The fourth-order valence-electron chi connectivity index (χ4n) is 1.85. The van der Waals surface area contributed by atoms with E-state index in [9.17, 15) is 4.79 Å². The molecule has 0 aromatic heterocycles. The van der Waals surface area contributed by atoms with Crippen LogP contribution in [0.25, 0.3) is 0 Å². The molecule has 1 N–H and O–H groups in total. The van der Waals surface area contributed by atoms with Crippen LogP contribution >= 0.6 is 0 Å². The third-order valence-electron chi connectivity index (χ3n) is 2.71. The van der Waals surface area contributed by atoms with Crippen molar-refractivity contribution in [2.75, 3.05) is 19.6 Å². The fourth-order valence-corrected chi connectivity index (χ4v) is 1.85. The van der Waals surface area contributed by atoms with Crippen LogP contribution in [-0.4, -0.2) is 30.6 Å². The summed E-state index contributed by atoms with van der Waals surface area (Å²) in [6.07, 6.45) is 3.64. The van der Waals surface area contributed by atoms with Crippen molar-refractivity contribution in [2.45, 2.75) is 33.1 Å². The summed E-state index contributed by atoms with van der Waals surface area (Å²) in [5.74, 6) is 0.719. The van der Waals surface area contributed by atoms with Crippen LogP contribution in [0.4, 0.5) is 4.79 Å². The highest BCUT2D eigenvalue weighted by molar-refractivity contribution is 5.74. The predicted molar refractivity (Wildman–Crippen MR) is 53.7 cm³/mol. The molecule has 0 spiro atoms. The van der Waals surface area contributed by atoms with Crippen molar-refractivity contribution in [2.24, 2.45) is 5.92 Å². The number of carbonyl (C=O) groups excluding carboxylic acids is 1. The summed E-state index contributed by atoms with van der Waals surface area (Å²) in [5, 5.41) is 2.85. The number of nitrogens with one attached hydrogen (secondary N) is 1. The molecular weight excluding hydrogens is 164 g/mol. The molecule has 0 aromatic carbocycles. The lowest BCUT2D eigenvalue weighted by atomic mass is 9.96. The SMILES string of the molecule is CCNC(=O)N1CCCC(CC)C1. The van der Waals surface area contributed by atoms with E-state index in [2.05, 4.69) is 12.2 Å². The Balaban J connectivity index is 2.37. The summed E-state index contributed by atoms with van der Waals surface area (Å²) in [6, 6.07) is 0.112. The van der Waals surface area contributed by atoms with Gasteiger partial charge in [0.05, 0.1) is 0 Å². The van der Waals surface area contributed by atoms with Gasteiger partial charge in [-0.05, 0) is 25.7 Å². The average Bonchev–Trinajstić information content (AvgIpc) is 2.18. The summed E-state index contributed by atoms with van der Waals surface area (Å²) in [4.78, 5) is 13.4. The van der Waals surface area contributed by atoms with Crippen molar-refractivity contribution in [3.05, 3.63) is 0 Å². The zero-order valence-electron chi connectivity index (χ0n) is 8.68. The van der Waals surface area contributed by atoms with E-state index in [1.165, 1.54) is 12.8 Å². The van der Waals surface area contributed by atoms with Crippen LogP contribution in [0.15, 0.2) is 0 Å². The Bertz CT molecular complexity index is 170. The number of amides is 2. The van der Waals surface area contributed by atoms with E-state index < -0.39 is 0 Å². The van der Waals surface area contributed by atoms with Gasteiger partial charge in [-0.15, -0.1) is 0 Å². The topological polar surface area (TPSA) is 32.3 Å². The monoisotopic (exact) mass is 184 g/mol. The second kappa shape index (κ2) is 5.10. The molecule has 1 fully saturated rings. The van der Waals surface area contributed by atoms with Crippen molar-refractivity contribution in [1.82, 2.24) is 10.2 Å². The molecule has 1 aliphatic rings. The van der Waals surface area contributed by atoms with Gasteiger partial charge >= 0.3 is 6.03 Å². The van der Waals surface area contributed by atoms with Crippen LogP contribution in [0, 0.1) is 5.92 Å². The van der Waals surface area contributed by atoms with Gasteiger partial charge in [-0.25, -0.2) is 4.79 Å². The van der Waals surface area contributed by atoms with Gasteiger partial charge in [0.15, 0.2) is 0 Å². The minimum atomic E-state index is 0.112. The zero-order valence-corrected chi connectivity index (χ0v) is 8.68. The molecule has 1 unspecified atom stereocenters. The van der Waals surface area contributed by atoms with E-state index in [0.29, 0.717) is 0 Å². The molecule has 0 aromatic rings. The van der Waals surface area contributed by atoms with Gasteiger partial charge in [-0.1, -0.05) is 13.3 Å². The van der Waals surface area contributed by atoms with Crippen molar-refractivity contribution in [1.29, 1.82) is 0 Å². The first kappa shape index (κ1) is 10.4. The summed E-state index contributed by atoms with van der Waals surface area (Å²) < 4.78 is 0. The lowest BCUT2D eigenvalue weighted by Gasteiger charge is -2.32. The Morgan fingerprint density at radius 2 is 2.31 bits per heavy atom. The van der Waals surface area contributed by atoms with E-state index in [0.717, 1.165) is 32.0 Å². The highest BCUT2D eigenvalue weighted by atomic mass is 16.2. The maximum Gasteiger partial charge on any atom is 0.317 e. The number of carbonyl (C=O) groups is 1. The Hall–Kier alpha value is -0.730. The molecule has 0 radical (unpaired) electrons. The largest absolute Gasteiger partial charge is 0.338 e. The average molecular weight is 184 g/mol. The zero-order chi connectivity index (χ0) is 9.68. The van der Waals surface area contributed by atoms with Gasteiger partial charge < -0.3 is 10.2 Å². The standard InChI is InChI=1S/C10H20N2O/c1-3-9-6-5-7-12(8-9)10(13)11-4-2/h9H,3-8H2,1-2H3,(H,11,13). The summed E-state index contributed by atoms with van der Waals surface area (Å²) >= 11 is 0. The summed E-state index contributed by atoms with van der Waals surface area (Å²) in [5.41, 5.74) is 0. The predicted octanol–water partition coefficient (Wildman–Crippen LogP) is 1.84. The van der Waals surface area contributed by atoms with Crippen molar-refractivity contribution < 1.29 is 4.79 Å². The molecule has 0 saturated carbocycles. The molecule has 3 nitrogen and oxygen atoms in total. The molecule has 1 aliphatic heterocycles. The van der Waals surface area contributed by atoms with E-state index in [1.807, 2.05) is 11.8 Å². The van der Waals surface area contributed by atoms with Crippen LogP contribution in [0.5, 0.6) is 0 Å². The van der Waals surface area contributed by atoms with Crippen molar-refractivity contribution >= 4 is 6.03 Å². The van der Waals surface area contributed by atoms with Gasteiger partial charge in [0.1, 0.15) is 0 Å². The molecular formula is C10H20N2O. The van der Waals surface area contributed by atoms with Gasteiger partial charge in [0.25, 0.3) is 0 Å². The molecule has 3 heteroatoms. The fraction of sp³-hybridized carbons (Fsp3) is 0.900. The minimum absolute atomic E-state index is 0.112. The number of nitrogens with zero attached hydrogens (tertiary/aromatic N) is 1. The lowest BCUT2D eigenvalue weighted by molar-refractivity contribution is 0.164. The Morgan fingerprint density at radius 3 is 2.92 bits per heavy atom. The Labute approximate surface area is 80.5 Å². The van der Waals surface area contributed by atoms with E-state index >= 15 is 0 Å². The molecule has 0 aliphatic carbocycles. The molecule has 76 valence electrons. The third-order valence-corrected chi connectivity index (χ3v) is 2.71. The lowest BCUT2D eigenvalue weighted by Crippen LogP contribution is -2.45. The van der Waals surface area contributed by atoms with E-state index in [4.69, 9.17) is 0 Å². The highest BCUT2D eigenvalue weighted by Gasteiger charge is 2.21. The molecule has 1 rings (SSSR count). The maximum absolute atomic E-state index is 11.5. The first-order valence-electron chi connectivity index (χ1n) is 5.30. The van der Waals surface area contributed by atoms with Gasteiger partial charge in [0.2, 0.25) is 0 Å². The Kier molecular flexibility index (Phi) is 4.06. The van der Waals surface area contributed by atoms with Crippen LogP contribution in [0.2, 0.25) is 0 Å². The first-order chi connectivity index (χ1) is 6.27. The molecule has 0 bridgehead atoms. The molecule has 1 atom stereocenters. The second-order valence-electron chi connectivity index (χ2n) is 3.70. The van der Waals surface area contributed by atoms with Crippen LogP contribution < -0.4 is 5.32 Å². The van der Waals surface area contributed by atoms with Gasteiger partial charge in [-0.3, -0.25) is 0 Å². The van der Waals surface area contributed by atoms with Gasteiger partial charge in [0, 0.05) is 19.6 Å². The van der Waals surface area contributed by atoms with Gasteiger partial charge in [-0.2, -0.15) is 0 Å². The number of likely N-dealkylation sites (tertiary alicyclic amines) is 1. The number of hydrogen-bond acceptors (Lipinski definition) is 1. The highest BCUT2D eigenvalue weighted by Crippen LogP contribution is 2.18. The number of hydrogen-bond donors (Lipinski definition) is 1. The van der Waals surface area contributed by atoms with Crippen LogP contribution in [-0.2, 0) is 0 Å². The number of piperidine rings is 1. The smallest absolute Gasteiger partial charge is 0.317 e. The quantitative estimate of drug-likeness (QED) is 0.697. The van der Waals surface area contributed by atoms with Crippen molar-refractivity contribution in [3.8, 4) is 0 Å². The third kappa shape index (κ3) is 2.90. The molecule has 1 saturated heterocycles. The van der Waals surface area contributed by atoms with E-state index in [1.54, 1.807) is 0 Å². The minimum Gasteiger partial charge on any atom is -0.338 e. The van der Waals surface area contributed by atoms with Crippen molar-refractivity contribution in [3.63, 3.8) is 0 Å².